The maximum atomic E-state index is 12.5. The first-order valence-electron chi connectivity index (χ1n) is 12.0. The number of H-pyrrole nitrogens is 2. The van der Waals surface area contributed by atoms with Gasteiger partial charge in [-0.3, -0.25) is 37.8 Å². The van der Waals surface area contributed by atoms with E-state index in [-0.39, 0.29) is 17.5 Å². The molecule has 0 amide bonds. The highest BCUT2D eigenvalue weighted by Gasteiger charge is 2.55. The van der Waals surface area contributed by atoms with Gasteiger partial charge in [-0.15, -0.1) is 0 Å². The van der Waals surface area contributed by atoms with Gasteiger partial charge in [-0.25, -0.2) is 14.2 Å². The predicted octanol–water partition coefficient (Wildman–Crippen LogP) is -2.64. The van der Waals surface area contributed by atoms with Crippen molar-refractivity contribution in [3.63, 3.8) is 0 Å². The van der Waals surface area contributed by atoms with Gasteiger partial charge in [0.1, 0.15) is 24.2 Å². The summed E-state index contributed by atoms with van der Waals surface area (Å²) < 4.78 is 46.5. The molecule has 0 aromatic carbocycles. The molecule has 21 heteroatoms. The maximum Gasteiger partial charge on any atom is 0.469 e. The average Bonchev–Trinajstić information content (AvgIpc) is 3.36. The van der Waals surface area contributed by atoms with Crippen molar-refractivity contribution in [1.29, 1.82) is 0 Å². The van der Waals surface area contributed by atoms with Crippen molar-refractivity contribution in [2.45, 2.75) is 69.5 Å². The molecule has 2 aliphatic heterocycles. The molecule has 0 aliphatic carbocycles. The lowest BCUT2D eigenvalue weighted by Crippen LogP contribution is -2.49. The summed E-state index contributed by atoms with van der Waals surface area (Å²) in [7, 11) is -10.8. The van der Waals surface area contributed by atoms with E-state index >= 15 is 0 Å². The summed E-state index contributed by atoms with van der Waals surface area (Å²) in [5.41, 5.74) is -5.17. The van der Waals surface area contributed by atoms with Crippen molar-refractivity contribution < 1.29 is 52.3 Å². The van der Waals surface area contributed by atoms with E-state index in [4.69, 9.17) is 14.0 Å². The number of hydrogen-bond acceptors (Lipinski definition) is 12. The number of hydrogen-bond donors (Lipinski definition) is 6. The Morgan fingerprint density at radius 3 is 2.05 bits per heavy atom. The molecule has 7 atom stereocenters. The number of phosphoric ester groups is 2. The van der Waals surface area contributed by atoms with Gasteiger partial charge < -0.3 is 38.7 Å². The molecule has 4 rings (SSSR count). The van der Waals surface area contributed by atoms with Crippen LogP contribution in [0.15, 0.2) is 31.6 Å². The standard InChI is InChI=1S/C20H28N4O15P2/c1-9-6-23(18(28)21-16(9)26)14-3-11(25)12(37-14)5-20(8-36-40(30,31)32)13(39-41(33,34)35)4-15(38-20)24-7-10(2)17(27)22-19(24)29/h6-7,11-15,25H,3-5,8H2,1-2H3,(H,21,26,28)(H,22,27,29)(H2,30,31,32)(H2,33,34,35)/p-1. The molecule has 0 bridgehead atoms. The number of ether oxygens (including phenoxy) is 2. The Labute approximate surface area is 228 Å². The largest absolute Gasteiger partial charge is 0.756 e. The second kappa shape index (κ2) is 11.3. The predicted molar refractivity (Wildman–Crippen MR) is 131 cm³/mol. The Hall–Kier alpha value is -2.54. The van der Waals surface area contributed by atoms with E-state index < -0.39 is 94.0 Å². The number of aliphatic hydroxyl groups excluding tert-OH is 1. The number of phosphoric acid groups is 2. The van der Waals surface area contributed by atoms with E-state index in [2.05, 4.69) is 9.51 Å². The van der Waals surface area contributed by atoms with E-state index in [1.54, 1.807) is 0 Å². The fraction of sp³-hybridized carbons (Fsp3) is 0.600. The van der Waals surface area contributed by atoms with Gasteiger partial charge in [-0.05, 0) is 13.8 Å². The van der Waals surface area contributed by atoms with Gasteiger partial charge in [0.15, 0.2) is 0 Å². The SMILES string of the molecule is Cc1cn(C2CC(O)C(CC3(COP(=O)(O)O)OC(n4cc(C)c(=O)[nH]c4=O)CC3OP(=O)([O-])O)O2)c(=O)[nH]c1=O. The molecule has 2 aromatic heterocycles. The molecule has 2 saturated heterocycles. The van der Waals surface area contributed by atoms with Crippen molar-refractivity contribution in [2.24, 2.45) is 0 Å². The van der Waals surface area contributed by atoms with Gasteiger partial charge in [0.25, 0.3) is 18.9 Å². The van der Waals surface area contributed by atoms with Crippen LogP contribution in [0.5, 0.6) is 0 Å². The van der Waals surface area contributed by atoms with E-state index in [1.807, 2.05) is 4.98 Å². The molecule has 2 aromatic rings. The third-order valence-electron chi connectivity index (χ3n) is 6.77. The van der Waals surface area contributed by atoms with Crippen LogP contribution >= 0.6 is 15.6 Å². The number of rotatable bonds is 9. The van der Waals surface area contributed by atoms with Crippen LogP contribution in [0.2, 0.25) is 0 Å². The van der Waals surface area contributed by atoms with E-state index in [1.165, 1.54) is 20.0 Å². The summed E-state index contributed by atoms with van der Waals surface area (Å²) >= 11 is 0. The molecule has 228 valence electrons. The number of aliphatic hydroxyl groups is 1. The number of aromatic amines is 2. The minimum Gasteiger partial charge on any atom is -0.756 e. The van der Waals surface area contributed by atoms with E-state index in [9.17, 15) is 53.0 Å². The number of aryl methyl sites for hydroxylation is 2. The summed E-state index contributed by atoms with van der Waals surface area (Å²) in [6, 6.07) is 0. The van der Waals surface area contributed by atoms with Crippen LogP contribution in [0.25, 0.3) is 0 Å². The molecule has 41 heavy (non-hydrogen) atoms. The molecule has 6 N–H and O–H groups in total. The summed E-state index contributed by atoms with van der Waals surface area (Å²) in [6.07, 6.45) is -6.04. The lowest BCUT2D eigenvalue weighted by atomic mass is 9.89. The monoisotopic (exact) mass is 625 g/mol. The Morgan fingerprint density at radius 1 is 1.00 bits per heavy atom. The highest BCUT2D eigenvalue weighted by atomic mass is 31.2. The molecular formula is C20H27N4O15P2-. The van der Waals surface area contributed by atoms with Crippen LogP contribution in [0.4, 0.5) is 0 Å². The molecule has 0 radical (unpaired) electrons. The van der Waals surface area contributed by atoms with Crippen molar-refractivity contribution in [2.75, 3.05) is 6.61 Å². The average molecular weight is 625 g/mol. The van der Waals surface area contributed by atoms with Gasteiger partial charge >= 0.3 is 19.2 Å². The Balaban J connectivity index is 1.73. The summed E-state index contributed by atoms with van der Waals surface area (Å²) in [5, 5.41) is 10.8. The fourth-order valence-corrected chi connectivity index (χ4v) is 5.82. The van der Waals surface area contributed by atoms with E-state index in [0.29, 0.717) is 0 Å². The zero-order valence-corrected chi connectivity index (χ0v) is 23.2. The van der Waals surface area contributed by atoms with Gasteiger partial charge in [-0.2, -0.15) is 0 Å². The minimum absolute atomic E-state index is 0.0605. The zero-order chi connectivity index (χ0) is 30.5. The first-order chi connectivity index (χ1) is 18.9. The highest BCUT2D eigenvalue weighted by molar-refractivity contribution is 7.46. The smallest absolute Gasteiger partial charge is 0.469 e. The summed E-state index contributed by atoms with van der Waals surface area (Å²) in [4.78, 5) is 92.6. The zero-order valence-electron chi connectivity index (χ0n) is 21.4. The highest BCUT2D eigenvalue weighted by Crippen LogP contribution is 2.50. The molecule has 0 spiro atoms. The number of nitrogens with zero attached hydrogens (tertiary/aromatic N) is 2. The van der Waals surface area contributed by atoms with Gasteiger partial charge in [-0.1, -0.05) is 0 Å². The molecule has 0 saturated carbocycles. The second-order valence-electron chi connectivity index (χ2n) is 9.79. The Bertz CT molecular complexity index is 1640. The van der Waals surface area contributed by atoms with Crippen molar-refractivity contribution in [3.05, 3.63) is 65.2 Å². The minimum atomic E-state index is -5.55. The summed E-state index contributed by atoms with van der Waals surface area (Å²) in [5.74, 6) is 0. The van der Waals surface area contributed by atoms with Crippen LogP contribution in [0, 0.1) is 13.8 Å². The Morgan fingerprint density at radius 2 is 1.54 bits per heavy atom. The van der Waals surface area contributed by atoms with Crippen LogP contribution < -0.4 is 27.4 Å². The second-order valence-corrected chi connectivity index (χ2v) is 12.2. The molecule has 19 nitrogen and oxygen atoms in total. The van der Waals surface area contributed by atoms with Gasteiger partial charge in [0, 0.05) is 42.8 Å². The van der Waals surface area contributed by atoms with Crippen LogP contribution in [0.3, 0.4) is 0 Å². The summed E-state index contributed by atoms with van der Waals surface area (Å²) in [6.45, 7) is 1.71. The van der Waals surface area contributed by atoms with Gasteiger partial charge in [0.05, 0.1) is 18.8 Å². The van der Waals surface area contributed by atoms with Crippen molar-refractivity contribution in [3.8, 4) is 0 Å². The maximum absolute atomic E-state index is 12.5. The molecular weight excluding hydrogens is 598 g/mol. The first-order valence-corrected chi connectivity index (χ1v) is 15.0. The van der Waals surface area contributed by atoms with E-state index in [0.717, 1.165) is 15.3 Å². The fourth-order valence-electron chi connectivity index (χ4n) is 4.83. The molecule has 2 aliphatic rings. The number of nitrogens with one attached hydrogen (secondary N) is 2. The lowest BCUT2D eigenvalue weighted by molar-refractivity contribution is -0.232. The van der Waals surface area contributed by atoms with Crippen LogP contribution in [0.1, 0.15) is 42.8 Å². The van der Waals surface area contributed by atoms with Crippen molar-refractivity contribution >= 4 is 15.6 Å². The lowest BCUT2D eigenvalue weighted by Gasteiger charge is -2.37. The third kappa shape index (κ3) is 7.10. The van der Waals surface area contributed by atoms with Crippen LogP contribution in [-0.4, -0.2) is 69.4 Å². The Kier molecular flexibility index (Phi) is 8.63. The van der Waals surface area contributed by atoms with Crippen LogP contribution in [-0.2, 0) is 27.7 Å². The molecule has 4 heterocycles. The van der Waals surface area contributed by atoms with Crippen molar-refractivity contribution in [1.82, 2.24) is 19.1 Å². The molecule has 2 fully saturated rings. The normalized spacial score (nSPS) is 30.0. The number of aromatic nitrogens is 4. The third-order valence-corrected chi connectivity index (χ3v) is 7.76. The molecule has 7 unspecified atom stereocenters. The van der Waals surface area contributed by atoms with Gasteiger partial charge in [0.2, 0.25) is 0 Å². The first kappa shape index (κ1) is 31.4. The quantitative estimate of drug-likeness (QED) is 0.155. The topological polar surface area (TPSA) is 285 Å².